The van der Waals surface area contributed by atoms with E-state index in [1.807, 2.05) is 0 Å². The molecular weight excluding hydrogens is 308 g/mol. The van der Waals surface area contributed by atoms with Gasteiger partial charge in [-0.1, -0.05) is 24.4 Å². The molecule has 2 aliphatic rings. The molecule has 2 unspecified atom stereocenters. The molecule has 0 spiro atoms. The molecule has 3 rings (SSSR count). The quantitative estimate of drug-likeness (QED) is 0.848. The maximum Gasteiger partial charge on any atom is 0.243 e. The number of aryl methyl sites for hydroxylation is 1. The van der Waals surface area contributed by atoms with Crippen molar-refractivity contribution in [2.75, 3.05) is 12.3 Å². The van der Waals surface area contributed by atoms with Crippen LogP contribution in [0.25, 0.3) is 0 Å². The summed E-state index contributed by atoms with van der Waals surface area (Å²) in [5.41, 5.74) is 6.78. The fraction of sp³-hybridized carbons (Fsp3) is 0.600. The number of sulfonamides is 1. The maximum absolute atomic E-state index is 13.0. The summed E-state index contributed by atoms with van der Waals surface area (Å²) in [6.07, 6.45) is 5.45. The molecule has 2 fully saturated rings. The summed E-state index contributed by atoms with van der Waals surface area (Å²) in [4.78, 5) is 0.302. The number of hydrogen-bond donors (Lipinski definition) is 1. The van der Waals surface area contributed by atoms with E-state index >= 15 is 0 Å². The van der Waals surface area contributed by atoms with Crippen LogP contribution in [0.1, 0.15) is 37.7 Å². The van der Waals surface area contributed by atoms with Gasteiger partial charge in [0.25, 0.3) is 0 Å². The van der Waals surface area contributed by atoms with Gasteiger partial charge in [0, 0.05) is 12.6 Å². The van der Waals surface area contributed by atoms with Gasteiger partial charge in [-0.05, 0) is 49.8 Å². The monoisotopic (exact) mass is 328 g/mol. The zero-order valence-corrected chi connectivity index (χ0v) is 13.8. The van der Waals surface area contributed by atoms with Crippen LogP contribution in [0.4, 0.5) is 5.69 Å². The first kappa shape index (κ1) is 15.1. The van der Waals surface area contributed by atoms with Crippen LogP contribution in [0.15, 0.2) is 17.0 Å². The zero-order chi connectivity index (χ0) is 15.2. The van der Waals surface area contributed by atoms with E-state index in [1.54, 1.807) is 17.3 Å². The standard InChI is InChI=1S/C15H21ClN2O2S/c1-10-8-12(16)13(17)9-15(10)21(19,20)18-7-6-11-4-2-3-5-14(11)18/h8-9,11,14H,2-7,17H2,1H3. The van der Waals surface area contributed by atoms with E-state index in [2.05, 4.69) is 0 Å². The Morgan fingerprint density at radius 3 is 2.71 bits per heavy atom. The van der Waals surface area contributed by atoms with Crippen molar-refractivity contribution >= 4 is 27.3 Å². The first-order valence-corrected chi connectivity index (χ1v) is 9.30. The van der Waals surface area contributed by atoms with Gasteiger partial charge in [0.05, 0.1) is 15.6 Å². The van der Waals surface area contributed by atoms with Gasteiger partial charge in [-0.25, -0.2) is 8.42 Å². The lowest BCUT2D eigenvalue weighted by Crippen LogP contribution is -2.39. The Hall–Kier alpha value is -0.780. The van der Waals surface area contributed by atoms with Crippen LogP contribution in [0.3, 0.4) is 0 Å². The van der Waals surface area contributed by atoms with E-state index in [-0.39, 0.29) is 6.04 Å². The van der Waals surface area contributed by atoms with Crippen molar-refractivity contribution in [3.63, 3.8) is 0 Å². The van der Waals surface area contributed by atoms with Crippen molar-refractivity contribution in [2.24, 2.45) is 5.92 Å². The molecule has 1 aromatic carbocycles. The van der Waals surface area contributed by atoms with Crippen LogP contribution in [-0.2, 0) is 10.0 Å². The van der Waals surface area contributed by atoms with Crippen molar-refractivity contribution in [2.45, 2.75) is 50.0 Å². The molecule has 1 saturated carbocycles. The number of fused-ring (bicyclic) bond motifs is 1. The van der Waals surface area contributed by atoms with Gasteiger partial charge in [-0.2, -0.15) is 4.31 Å². The summed E-state index contributed by atoms with van der Waals surface area (Å²) in [5.74, 6) is 0.526. The normalized spacial score (nSPS) is 26.8. The van der Waals surface area contributed by atoms with E-state index in [9.17, 15) is 8.42 Å². The first-order chi connectivity index (χ1) is 9.91. The molecule has 1 aliphatic carbocycles. The lowest BCUT2D eigenvalue weighted by molar-refractivity contribution is 0.260. The van der Waals surface area contributed by atoms with Crippen LogP contribution in [0.5, 0.6) is 0 Å². The highest BCUT2D eigenvalue weighted by Gasteiger charge is 2.42. The van der Waals surface area contributed by atoms with E-state index in [0.717, 1.165) is 25.7 Å². The topological polar surface area (TPSA) is 63.4 Å². The Balaban J connectivity index is 1.99. The Morgan fingerprint density at radius 1 is 1.24 bits per heavy atom. The van der Waals surface area contributed by atoms with E-state index in [0.29, 0.717) is 33.6 Å². The molecule has 0 radical (unpaired) electrons. The Kier molecular flexibility index (Phi) is 3.93. The van der Waals surface area contributed by atoms with E-state index in [4.69, 9.17) is 17.3 Å². The van der Waals surface area contributed by atoms with Crippen molar-refractivity contribution in [1.29, 1.82) is 0 Å². The van der Waals surface area contributed by atoms with Gasteiger partial charge in [0.2, 0.25) is 10.0 Å². The van der Waals surface area contributed by atoms with Gasteiger partial charge in [0.1, 0.15) is 0 Å². The smallest absolute Gasteiger partial charge is 0.243 e. The summed E-state index contributed by atoms with van der Waals surface area (Å²) < 4.78 is 27.7. The summed E-state index contributed by atoms with van der Waals surface area (Å²) in [6.45, 7) is 2.40. The first-order valence-electron chi connectivity index (χ1n) is 7.48. The molecule has 1 aliphatic heterocycles. The molecule has 1 aromatic rings. The molecule has 6 heteroatoms. The van der Waals surface area contributed by atoms with Crippen LogP contribution in [0, 0.1) is 12.8 Å². The van der Waals surface area contributed by atoms with Gasteiger partial charge in [0.15, 0.2) is 0 Å². The molecule has 21 heavy (non-hydrogen) atoms. The Bertz CT molecular complexity index is 660. The fourth-order valence-electron chi connectivity index (χ4n) is 3.73. The molecule has 0 bridgehead atoms. The molecule has 1 heterocycles. The summed E-state index contributed by atoms with van der Waals surface area (Å²) in [5, 5.41) is 0.406. The van der Waals surface area contributed by atoms with Crippen LogP contribution in [0.2, 0.25) is 5.02 Å². The Labute approximate surface area is 131 Å². The molecule has 0 amide bonds. The number of nitrogens with zero attached hydrogens (tertiary/aromatic N) is 1. The predicted molar refractivity (Wildman–Crippen MR) is 84.9 cm³/mol. The average molecular weight is 329 g/mol. The number of rotatable bonds is 2. The lowest BCUT2D eigenvalue weighted by atomic mass is 9.86. The maximum atomic E-state index is 13.0. The van der Waals surface area contributed by atoms with Gasteiger partial charge in [-0.3, -0.25) is 0 Å². The minimum absolute atomic E-state index is 0.167. The van der Waals surface area contributed by atoms with E-state index in [1.165, 1.54) is 12.5 Å². The molecule has 2 N–H and O–H groups in total. The van der Waals surface area contributed by atoms with Crippen LogP contribution < -0.4 is 5.73 Å². The third kappa shape index (κ3) is 2.56. The second-order valence-corrected chi connectivity index (χ2v) is 8.42. The van der Waals surface area contributed by atoms with Crippen molar-refractivity contribution in [1.82, 2.24) is 4.31 Å². The largest absolute Gasteiger partial charge is 0.397 e. The molecule has 0 aromatic heterocycles. The minimum Gasteiger partial charge on any atom is -0.397 e. The van der Waals surface area contributed by atoms with Gasteiger partial charge >= 0.3 is 0 Å². The second-order valence-electron chi connectivity index (χ2n) is 6.16. The second kappa shape index (κ2) is 5.45. The molecule has 4 nitrogen and oxygen atoms in total. The van der Waals surface area contributed by atoms with E-state index < -0.39 is 10.0 Å². The summed E-state index contributed by atoms with van der Waals surface area (Å²) in [7, 11) is -3.48. The third-order valence-electron chi connectivity index (χ3n) is 4.84. The highest BCUT2D eigenvalue weighted by atomic mass is 35.5. The number of nitrogen functional groups attached to an aromatic ring is 1. The third-order valence-corrected chi connectivity index (χ3v) is 7.23. The zero-order valence-electron chi connectivity index (χ0n) is 12.2. The van der Waals surface area contributed by atoms with Crippen LogP contribution in [-0.4, -0.2) is 25.3 Å². The lowest BCUT2D eigenvalue weighted by Gasteiger charge is -2.31. The van der Waals surface area contributed by atoms with Crippen molar-refractivity contribution in [3.05, 3.63) is 22.7 Å². The highest BCUT2D eigenvalue weighted by molar-refractivity contribution is 7.89. The number of nitrogens with two attached hydrogens (primary N) is 1. The predicted octanol–water partition coefficient (Wildman–Crippen LogP) is 3.18. The van der Waals surface area contributed by atoms with Gasteiger partial charge < -0.3 is 5.73 Å². The number of anilines is 1. The van der Waals surface area contributed by atoms with Crippen molar-refractivity contribution in [3.8, 4) is 0 Å². The summed E-state index contributed by atoms with van der Waals surface area (Å²) in [6, 6.07) is 3.31. The Morgan fingerprint density at radius 2 is 1.95 bits per heavy atom. The number of benzene rings is 1. The average Bonchev–Trinajstić information content (AvgIpc) is 2.87. The molecule has 1 saturated heterocycles. The minimum atomic E-state index is -3.48. The molecule has 2 atom stereocenters. The molecule has 116 valence electrons. The number of hydrogen-bond acceptors (Lipinski definition) is 3. The van der Waals surface area contributed by atoms with Crippen molar-refractivity contribution < 1.29 is 8.42 Å². The SMILES string of the molecule is Cc1cc(Cl)c(N)cc1S(=O)(=O)N1CCC2CCCCC21. The van der Waals surface area contributed by atoms with Gasteiger partial charge in [-0.15, -0.1) is 0 Å². The molecular formula is C15H21ClN2O2S. The van der Waals surface area contributed by atoms with Crippen LogP contribution >= 0.6 is 11.6 Å². The highest BCUT2D eigenvalue weighted by Crippen LogP contribution is 2.40. The number of halogens is 1. The summed E-state index contributed by atoms with van der Waals surface area (Å²) >= 11 is 5.97. The fourth-order valence-corrected chi connectivity index (χ4v) is 5.93.